The van der Waals surface area contributed by atoms with Crippen LogP contribution in [-0.4, -0.2) is 16.1 Å². The molecule has 0 radical (unpaired) electrons. The molecule has 0 bridgehead atoms. The van der Waals surface area contributed by atoms with Crippen molar-refractivity contribution in [3.8, 4) is 0 Å². The van der Waals surface area contributed by atoms with Gasteiger partial charge in [-0.15, -0.1) is 0 Å². The highest BCUT2D eigenvalue weighted by Crippen LogP contribution is 2.23. The molecule has 1 atom stereocenters. The van der Waals surface area contributed by atoms with E-state index in [1.807, 2.05) is 6.07 Å². The van der Waals surface area contributed by atoms with Gasteiger partial charge in [0.1, 0.15) is 0 Å². The second-order valence-electron chi connectivity index (χ2n) is 5.89. The molecule has 0 aliphatic heterocycles. The number of carbonyl (C=O) groups excluding carboxylic acids is 1. The summed E-state index contributed by atoms with van der Waals surface area (Å²) in [4.78, 5) is 12.0. The van der Waals surface area contributed by atoms with Gasteiger partial charge in [0.15, 0.2) is 5.82 Å². The largest absolute Gasteiger partial charge is 0.309 e. The van der Waals surface area contributed by atoms with E-state index in [0.717, 1.165) is 25.0 Å². The summed E-state index contributed by atoms with van der Waals surface area (Å²) in [6, 6.07) is 1.91. The Morgan fingerprint density at radius 1 is 1.44 bits per heavy atom. The maximum Gasteiger partial charge on any atom is 0.229 e. The van der Waals surface area contributed by atoms with Crippen molar-refractivity contribution in [1.29, 1.82) is 0 Å². The van der Waals surface area contributed by atoms with Gasteiger partial charge in [-0.05, 0) is 19.3 Å². The average molecular weight is 247 g/mol. The average Bonchev–Trinajstić information content (AvgIpc) is 2.78. The molecule has 1 aliphatic rings. The van der Waals surface area contributed by atoms with Crippen LogP contribution >= 0.6 is 0 Å². The fourth-order valence-electron chi connectivity index (χ4n) is 2.03. The standard InChI is InChI=1S/C14H21N3O/c1-14(2,3)11-9-12(17-16-11)15-13(18)10-7-5-4-6-8-10/h4-5,9-10H,6-8H2,1-3H3,(H2,15,16,17,18). The predicted molar refractivity (Wildman–Crippen MR) is 72.4 cm³/mol. The number of carbonyl (C=O) groups is 1. The lowest BCUT2D eigenvalue weighted by Gasteiger charge is -2.16. The van der Waals surface area contributed by atoms with Crippen LogP contribution in [0.25, 0.3) is 0 Å². The summed E-state index contributed by atoms with van der Waals surface area (Å²) in [5.41, 5.74) is 1.05. The zero-order valence-corrected chi connectivity index (χ0v) is 11.3. The molecule has 0 saturated carbocycles. The van der Waals surface area contributed by atoms with Crippen molar-refractivity contribution in [2.45, 2.75) is 45.4 Å². The third-order valence-electron chi connectivity index (χ3n) is 3.28. The Balaban J connectivity index is 1.99. The molecule has 4 heteroatoms. The van der Waals surface area contributed by atoms with Crippen molar-refractivity contribution in [1.82, 2.24) is 10.2 Å². The zero-order chi connectivity index (χ0) is 13.2. The summed E-state index contributed by atoms with van der Waals surface area (Å²) in [5, 5.41) is 10.0. The summed E-state index contributed by atoms with van der Waals surface area (Å²) in [5.74, 6) is 0.788. The van der Waals surface area contributed by atoms with E-state index < -0.39 is 0 Å². The molecule has 1 aromatic rings. The smallest absolute Gasteiger partial charge is 0.229 e. The molecule has 2 rings (SSSR count). The fraction of sp³-hybridized carbons (Fsp3) is 0.571. The van der Waals surface area contributed by atoms with Gasteiger partial charge >= 0.3 is 0 Å². The van der Waals surface area contributed by atoms with Gasteiger partial charge in [-0.25, -0.2) is 0 Å². The molecule has 0 spiro atoms. The lowest BCUT2D eigenvalue weighted by Crippen LogP contribution is -2.23. The van der Waals surface area contributed by atoms with Gasteiger partial charge in [0, 0.05) is 23.1 Å². The first-order valence-corrected chi connectivity index (χ1v) is 6.48. The highest BCUT2D eigenvalue weighted by Gasteiger charge is 2.21. The van der Waals surface area contributed by atoms with Crippen molar-refractivity contribution in [3.05, 3.63) is 23.9 Å². The number of aromatic amines is 1. The maximum absolute atomic E-state index is 12.0. The minimum Gasteiger partial charge on any atom is -0.309 e. The summed E-state index contributed by atoms with van der Waals surface area (Å²) < 4.78 is 0. The molecular weight excluding hydrogens is 226 g/mol. The van der Waals surface area contributed by atoms with Crippen LogP contribution in [0, 0.1) is 5.92 Å². The third kappa shape index (κ3) is 3.00. The maximum atomic E-state index is 12.0. The van der Waals surface area contributed by atoms with Crippen LogP contribution in [0.1, 0.15) is 45.7 Å². The Labute approximate surface area is 108 Å². The third-order valence-corrected chi connectivity index (χ3v) is 3.28. The van der Waals surface area contributed by atoms with E-state index >= 15 is 0 Å². The Hall–Kier alpha value is -1.58. The number of hydrogen-bond donors (Lipinski definition) is 2. The van der Waals surface area contributed by atoms with Crippen LogP contribution in [0.15, 0.2) is 18.2 Å². The number of nitrogens with one attached hydrogen (secondary N) is 2. The monoisotopic (exact) mass is 247 g/mol. The van der Waals surface area contributed by atoms with Gasteiger partial charge in [-0.1, -0.05) is 32.9 Å². The molecule has 98 valence electrons. The molecule has 0 aromatic carbocycles. The number of amides is 1. The Morgan fingerprint density at radius 3 is 2.78 bits per heavy atom. The SMILES string of the molecule is CC(C)(C)c1cc(NC(=O)C2CC=CCC2)n[nH]1. The molecule has 1 aliphatic carbocycles. The Bertz CT molecular complexity index is 454. The fourth-order valence-corrected chi connectivity index (χ4v) is 2.03. The minimum absolute atomic E-state index is 0.0174. The van der Waals surface area contributed by atoms with E-state index in [1.165, 1.54) is 0 Å². The number of allylic oxidation sites excluding steroid dienone is 2. The highest BCUT2D eigenvalue weighted by molar-refractivity contribution is 5.91. The molecule has 0 fully saturated rings. The van der Waals surface area contributed by atoms with Crippen LogP contribution in [-0.2, 0) is 10.2 Å². The van der Waals surface area contributed by atoms with Crippen molar-refractivity contribution in [3.63, 3.8) is 0 Å². The van der Waals surface area contributed by atoms with Gasteiger partial charge in [0.05, 0.1) is 0 Å². The molecule has 1 heterocycles. The second kappa shape index (κ2) is 4.96. The number of anilines is 1. The number of nitrogens with zero attached hydrogens (tertiary/aromatic N) is 1. The van der Waals surface area contributed by atoms with Crippen molar-refractivity contribution < 1.29 is 4.79 Å². The van der Waals surface area contributed by atoms with Crippen LogP contribution < -0.4 is 5.32 Å². The van der Waals surface area contributed by atoms with E-state index in [4.69, 9.17) is 0 Å². The molecular formula is C14H21N3O. The number of hydrogen-bond acceptors (Lipinski definition) is 2. The van der Waals surface area contributed by atoms with Crippen molar-refractivity contribution >= 4 is 11.7 Å². The predicted octanol–water partition coefficient (Wildman–Crippen LogP) is 3.00. The van der Waals surface area contributed by atoms with E-state index in [-0.39, 0.29) is 17.2 Å². The van der Waals surface area contributed by atoms with Gasteiger partial charge in [-0.3, -0.25) is 9.89 Å². The van der Waals surface area contributed by atoms with Crippen molar-refractivity contribution in [2.24, 2.45) is 5.92 Å². The molecule has 0 saturated heterocycles. The molecule has 1 aromatic heterocycles. The van der Waals surface area contributed by atoms with Gasteiger partial charge in [0.25, 0.3) is 0 Å². The summed E-state index contributed by atoms with van der Waals surface area (Å²) in [6.45, 7) is 6.33. The molecule has 2 N–H and O–H groups in total. The van der Waals surface area contributed by atoms with E-state index in [1.54, 1.807) is 0 Å². The second-order valence-corrected chi connectivity index (χ2v) is 5.89. The topological polar surface area (TPSA) is 57.8 Å². The molecule has 1 amide bonds. The zero-order valence-electron chi connectivity index (χ0n) is 11.3. The quantitative estimate of drug-likeness (QED) is 0.789. The summed E-state index contributed by atoms with van der Waals surface area (Å²) in [6.07, 6.45) is 6.97. The number of aromatic nitrogens is 2. The van der Waals surface area contributed by atoms with E-state index in [2.05, 4.69) is 48.4 Å². The first-order valence-electron chi connectivity index (χ1n) is 6.48. The van der Waals surface area contributed by atoms with E-state index in [9.17, 15) is 4.79 Å². The van der Waals surface area contributed by atoms with Crippen LogP contribution in [0.2, 0.25) is 0 Å². The Morgan fingerprint density at radius 2 is 2.22 bits per heavy atom. The van der Waals surface area contributed by atoms with Gasteiger partial charge < -0.3 is 5.32 Å². The first kappa shape index (κ1) is 12.9. The lowest BCUT2D eigenvalue weighted by atomic mass is 9.92. The van der Waals surface area contributed by atoms with Crippen molar-refractivity contribution in [2.75, 3.05) is 5.32 Å². The van der Waals surface area contributed by atoms with Crippen LogP contribution in [0.5, 0.6) is 0 Å². The lowest BCUT2D eigenvalue weighted by molar-refractivity contribution is -0.120. The molecule has 4 nitrogen and oxygen atoms in total. The normalized spacial score (nSPS) is 19.8. The molecule has 1 unspecified atom stereocenters. The van der Waals surface area contributed by atoms with E-state index in [0.29, 0.717) is 5.82 Å². The van der Waals surface area contributed by atoms with Gasteiger partial charge in [0.2, 0.25) is 5.91 Å². The summed E-state index contributed by atoms with van der Waals surface area (Å²) in [7, 11) is 0. The number of H-pyrrole nitrogens is 1. The summed E-state index contributed by atoms with van der Waals surface area (Å²) >= 11 is 0. The Kier molecular flexibility index (Phi) is 3.55. The molecule has 18 heavy (non-hydrogen) atoms. The first-order chi connectivity index (χ1) is 8.47. The van der Waals surface area contributed by atoms with Gasteiger partial charge in [-0.2, -0.15) is 5.10 Å². The van der Waals surface area contributed by atoms with Crippen LogP contribution in [0.3, 0.4) is 0 Å². The van der Waals surface area contributed by atoms with Crippen LogP contribution in [0.4, 0.5) is 5.82 Å². The minimum atomic E-state index is 0.0174. The number of rotatable bonds is 2. The highest BCUT2D eigenvalue weighted by atomic mass is 16.1.